The predicted molar refractivity (Wildman–Crippen MR) is 99.7 cm³/mol. The zero-order valence-corrected chi connectivity index (χ0v) is 14.8. The number of halogens is 1. The van der Waals surface area contributed by atoms with E-state index in [4.69, 9.17) is 16.6 Å². The number of likely N-dealkylation sites (N-methyl/N-ethyl adjacent to an activating group) is 1. The van der Waals surface area contributed by atoms with Crippen LogP contribution in [-0.4, -0.2) is 35.1 Å². The van der Waals surface area contributed by atoms with E-state index in [9.17, 15) is 4.79 Å². The van der Waals surface area contributed by atoms with Crippen molar-refractivity contribution in [3.63, 3.8) is 0 Å². The van der Waals surface area contributed by atoms with Gasteiger partial charge in [0.05, 0.1) is 10.9 Å². The first-order valence-corrected chi connectivity index (χ1v) is 8.25. The SMILES string of the molecule is Cc1ccc(-c2nc3ccc(Cl)cc3c(=O)n2CCN(C)C)cc1. The third-order valence-corrected chi connectivity index (χ3v) is 4.23. The van der Waals surface area contributed by atoms with E-state index in [-0.39, 0.29) is 5.56 Å². The minimum Gasteiger partial charge on any atom is -0.308 e. The lowest BCUT2D eigenvalue weighted by molar-refractivity contribution is 0.381. The van der Waals surface area contributed by atoms with Crippen LogP contribution in [0.1, 0.15) is 5.56 Å². The summed E-state index contributed by atoms with van der Waals surface area (Å²) in [7, 11) is 3.98. The Morgan fingerprint density at radius 3 is 2.50 bits per heavy atom. The topological polar surface area (TPSA) is 38.1 Å². The second-order valence-corrected chi connectivity index (χ2v) is 6.66. The van der Waals surface area contributed by atoms with Gasteiger partial charge in [-0.2, -0.15) is 0 Å². The molecule has 0 N–H and O–H groups in total. The number of hydrogen-bond donors (Lipinski definition) is 0. The molecule has 0 amide bonds. The molecule has 4 nitrogen and oxygen atoms in total. The zero-order valence-electron chi connectivity index (χ0n) is 14.1. The molecule has 24 heavy (non-hydrogen) atoms. The highest BCUT2D eigenvalue weighted by molar-refractivity contribution is 6.31. The summed E-state index contributed by atoms with van der Waals surface area (Å²) in [5.74, 6) is 0.691. The van der Waals surface area contributed by atoms with E-state index in [1.54, 1.807) is 22.8 Å². The number of hydrogen-bond acceptors (Lipinski definition) is 3. The fourth-order valence-corrected chi connectivity index (χ4v) is 2.80. The quantitative estimate of drug-likeness (QED) is 0.728. The van der Waals surface area contributed by atoms with Gasteiger partial charge in [-0.05, 0) is 39.2 Å². The Hall–Kier alpha value is -2.17. The molecule has 1 aromatic heterocycles. The number of aromatic nitrogens is 2. The Morgan fingerprint density at radius 1 is 1.12 bits per heavy atom. The van der Waals surface area contributed by atoms with Crippen molar-refractivity contribution in [2.24, 2.45) is 0 Å². The van der Waals surface area contributed by atoms with E-state index in [0.29, 0.717) is 28.3 Å². The Bertz CT molecular complexity index is 930. The molecule has 124 valence electrons. The Kier molecular flexibility index (Phi) is 4.69. The van der Waals surface area contributed by atoms with Crippen LogP contribution in [0.2, 0.25) is 5.02 Å². The van der Waals surface area contributed by atoms with Crippen LogP contribution in [0.4, 0.5) is 0 Å². The van der Waals surface area contributed by atoms with Gasteiger partial charge in [-0.15, -0.1) is 0 Å². The van der Waals surface area contributed by atoms with E-state index >= 15 is 0 Å². The fourth-order valence-electron chi connectivity index (χ4n) is 2.62. The highest BCUT2D eigenvalue weighted by Crippen LogP contribution is 2.21. The molecule has 0 aliphatic heterocycles. The highest BCUT2D eigenvalue weighted by atomic mass is 35.5. The summed E-state index contributed by atoms with van der Waals surface area (Å²) >= 11 is 6.06. The van der Waals surface area contributed by atoms with E-state index in [1.165, 1.54) is 5.56 Å². The highest BCUT2D eigenvalue weighted by Gasteiger charge is 2.13. The van der Waals surface area contributed by atoms with Gasteiger partial charge in [0.25, 0.3) is 5.56 Å². The van der Waals surface area contributed by atoms with Gasteiger partial charge in [-0.1, -0.05) is 41.4 Å². The summed E-state index contributed by atoms with van der Waals surface area (Å²) in [5.41, 5.74) is 2.72. The third-order valence-electron chi connectivity index (χ3n) is 4.00. The van der Waals surface area contributed by atoms with Crippen LogP contribution in [0.25, 0.3) is 22.3 Å². The number of fused-ring (bicyclic) bond motifs is 1. The summed E-state index contributed by atoms with van der Waals surface area (Å²) in [5, 5.41) is 1.10. The van der Waals surface area contributed by atoms with Crippen LogP contribution < -0.4 is 5.56 Å². The largest absolute Gasteiger partial charge is 0.308 e. The Balaban J connectivity index is 2.25. The molecular weight excluding hydrogens is 322 g/mol. The number of nitrogens with zero attached hydrogens (tertiary/aromatic N) is 3. The molecule has 5 heteroatoms. The van der Waals surface area contributed by atoms with E-state index in [1.807, 2.05) is 50.2 Å². The monoisotopic (exact) mass is 341 g/mol. The van der Waals surface area contributed by atoms with E-state index in [0.717, 1.165) is 12.1 Å². The molecule has 3 rings (SSSR count). The molecule has 1 heterocycles. The smallest absolute Gasteiger partial charge is 0.261 e. The van der Waals surface area contributed by atoms with Gasteiger partial charge < -0.3 is 4.90 Å². The molecule has 3 aromatic rings. The summed E-state index contributed by atoms with van der Waals surface area (Å²) in [6, 6.07) is 13.3. The molecule has 0 bridgehead atoms. The maximum absolute atomic E-state index is 13.0. The van der Waals surface area contributed by atoms with Crippen LogP contribution >= 0.6 is 11.6 Å². The standard InChI is InChI=1S/C19H20ClN3O/c1-13-4-6-14(7-5-13)18-21-17-9-8-15(20)12-16(17)19(24)23(18)11-10-22(2)3/h4-9,12H,10-11H2,1-3H3. The molecule has 0 radical (unpaired) electrons. The molecular formula is C19H20ClN3O. The minimum absolute atomic E-state index is 0.0556. The van der Waals surface area contributed by atoms with Crippen molar-refractivity contribution in [3.8, 4) is 11.4 Å². The number of benzene rings is 2. The second kappa shape index (κ2) is 6.75. The molecule has 0 atom stereocenters. The first-order chi connectivity index (χ1) is 11.5. The molecule has 0 unspecified atom stereocenters. The van der Waals surface area contributed by atoms with Crippen molar-refractivity contribution >= 4 is 22.5 Å². The predicted octanol–water partition coefficient (Wildman–Crippen LogP) is 3.59. The van der Waals surface area contributed by atoms with Gasteiger partial charge in [0.2, 0.25) is 0 Å². The molecule has 0 saturated heterocycles. The van der Waals surface area contributed by atoms with Gasteiger partial charge in [0, 0.05) is 23.7 Å². The maximum atomic E-state index is 13.0. The van der Waals surface area contributed by atoms with Crippen molar-refractivity contribution in [2.75, 3.05) is 20.6 Å². The van der Waals surface area contributed by atoms with Crippen molar-refractivity contribution in [3.05, 3.63) is 63.4 Å². The summed E-state index contributed by atoms with van der Waals surface area (Å²) in [6.07, 6.45) is 0. The number of aryl methyl sites for hydroxylation is 1. The zero-order chi connectivity index (χ0) is 17.3. The minimum atomic E-state index is -0.0556. The van der Waals surface area contributed by atoms with Crippen molar-refractivity contribution in [2.45, 2.75) is 13.5 Å². The Morgan fingerprint density at radius 2 is 1.83 bits per heavy atom. The molecule has 0 spiro atoms. The first kappa shape index (κ1) is 16.7. The number of rotatable bonds is 4. The molecule has 0 aliphatic rings. The summed E-state index contributed by atoms with van der Waals surface area (Å²) < 4.78 is 1.74. The van der Waals surface area contributed by atoms with E-state index in [2.05, 4.69) is 0 Å². The van der Waals surface area contributed by atoms with Gasteiger partial charge in [-0.3, -0.25) is 9.36 Å². The first-order valence-electron chi connectivity index (χ1n) is 7.87. The Labute approximate surface area is 146 Å². The molecule has 2 aromatic carbocycles. The van der Waals surface area contributed by atoms with Crippen LogP contribution in [-0.2, 0) is 6.54 Å². The van der Waals surface area contributed by atoms with Gasteiger partial charge >= 0.3 is 0 Å². The molecule has 0 saturated carbocycles. The maximum Gasteiger partial charge on any atom is 0.261 e. The lowest BCUT2D eigenvalue weighted by atomic mass is 10.1. The van der Waals surface area contributed by atoms with E-state index < -0.39 is 0 Å². The van der Waals surface area contributed by atoms with Crippen LogP contribution in [0.3, 0.4) is 0 Å². The van der Waals surface area contributed by atoms with Gasteiger partial charge in [-0.25, -0.2) is 4.98 Å². The van der Waals surface area contributed by atoms with Crippen molar-refractivity contribution in [1.82, 2.24) is 14.5 Å². The fraction of sp³-hybridized carbons (Fsp3) is 0.263. The molecule has 0 fully saturated rings. The van der Waals surface area contributed by atoms with Crippen LogP contribution in [0.5, 0.6) is 0 Å². The average Bonchev–Trinajstić information content (AvgIpc) is 2.55. The average molecular weight is 342 g/mol. The third kappa shape index (κ3) is 3.35. The van der Waals surface area contributed by atoms with Crippen LogP contribution in [0, 0.1) is 6.92 Å². The van der Waals surface area contributed by atoms with Crippen molar-refractivity contribution in [1.29, 1.82) is 0 Å². The summed E-state index contributed by atoms with van der Waals surface area (Å²) in [4.78, 5) is 19.8. The van der Waals surface area contributed by atoms with Crippen molar-refractivity contribution < 1.29 is 0 Å². The lowest BCUT2D eigenvalue weighted by Crippen LogP contribution is -2.28. The van der Waals surface area contributed by atoms with Crippen LogP contribution in [0.15, 0.2) is 47.3 Å². The summed E-state index contributed by atoms with van der Waals surface area (Å²) in [6.45, 7) is 3.37. The molecule has 0 aliphatic carbocycles. The van der Waals surface area contributed by atoms with Gasteiger partial charge in [0.1, 0.15) is 5.82 Å². The second-order valence-electron chi connectivity index (χ2n) is 6.22. The van der Waals surface area contributed by atoms with Gasteiger partial charge in [0.15, 0.2) is 0 Å². The lowest BCUT2D eigenvalue weighted by Gasteiger charge is -2.16. The normalized spacial score (nSPS) is 11.4.